The Labute approximate surface area is 336 Å². The number of hydrogen-bond acceptors (Lipinski definition) is 8. The standard InChI is InChI=1S/C45H80NO8P/c1-3-5-7-9-11-13-15-17-19-20-21-22-24-25-27-29-31-33-35-37-44(47)51-41-43(42-53-55(49,50)52-40-39-46)54-45(48)38-36-34-32-30-28-26-23-18-16-14-12-10-8-6-4-2/h6,8,11-14,17-19,23,43H,3-5,7,9-10,15-16,20-22,24-42,46H2,1-2H3,(H,49,50)/t43-/m1/s1. The fourth-order valence-electron chi connectivity index (χ4n) is 5.68. The average molecular weight is 794 g/mol. The molecule has 3 N–H and O–H groups in total. The minimum Gasteiger partial charge on any atom is -0.462 e. The van der Waals surface area contributed by atoms with E-state index >= 15 is 0 Å². The number of phosphoric acid groups is 1. The van der Waals surface area contributed by atoms with Crippen molar-refractivity contribution in [1.82, 2.24) is 0 Å². The highest BCUT2D eigenvalue weighted by atomic mass is 31.2. The first-order chi connectivity index (χ1) is 26.8. The molecule has 2 atom stereocenters. The highest BCUT2D eigenvalue weighted by molar-refractivity contribution is 7.47. The molecule has 0 rings (SSSR count). The van der Waals surface area contributed by atoms with Gasteiger partial charge in [-0.05, 0) is 77.0 Å². The molecule has 0 amide bonds. The summed E-state index contributed by atoms with van der Waals surface area (Å²) < 4.78 is 32.8. The quantitative estimate of drug-likeness (QED) is 0.0269. The highest BCUT2D eigenvalue weighted by Gasteiger charge is 2.26. The third-order valence-electron chi connectivity index (χ3n) is 8.89. The number of carbonyl (C=O) groups excluding carboxylic acids is 2. The van der Waals surface area contributed by atoms with Crippen molar-refractivity contribution in [2.24, 2.45) is 5.73 Å². The van der Waals surface area contributed by atoms with Gasteiger partial charge in [-0.3, -0.25) is 18.6 Å². The van der Waals surface area contributed by atoms with Gasteiger partial charge in [0.2, 0.25) is 0 Å². The van der Waals surface area contributed by atoms with Gasteiger partial charge < -0.3 is 20.1 Å². The largest absolute Gasteiger partial charge is 0.472 e. The molecule has 0 heterocycles. The van der Waals surface area contributed by atoms with Crippen LogP contribution in [0.5, 0.6) is 0 Å². The number of allylic oxidation sites excluding steroid dienone is 10. The van der Waals surface area contributed by atoms with Crippen LogP contribution in [0, 0.1) is 0 Å². The zero-order chi connectivity index (χ0) is 40.3. The second-order valence-electron chi connectivity index (χ2n) is 14.2. The monoisotopic (exact) mass is 794 g/mol. The van der Waals surface area contributed by atoms with Crippen LogP contribution in [0.4, 0.5) is 0 Å². The predicted octanol–water partition coefficient (Wildman–Crippen LogP) is 12.5. The maximum Gasteiger partial charge on any atom is 0.472 e. The maximum atomic E-state index is 12.6. The molecule has 0 aliphatic carbocycles. The van der Waals surface area contributed by atoms with Crippen LogP contribution in [0.25, 0.3) is 0 Å². The van der Waals surface area contributed by atoms with E-state index in [1.807, 2.05) is 0 Å². The molecule has 10 heteroatoms. The molecule has 0 aromatic carbocycles. The third-order valence-corrected chi connectivity index (χ3v) is 9.87. The third kappa shape index (κ3) is 41.2. The molecule has 0 saturated heterocycles. The van der Waals surface area contributed by atoms with E-state index in [-0.39, 0.29) is 32.6 Å². The Morgan fingerprint density at radius 1 is 0.564 bits per heavy atom. The number of carbonyl (C=O) groups is 2. The summed E-state index contributed by atoms with van der Waals surface area (Å²) in [6, 6.07) is 0. The van der Waals surface area contributed by atoms with E-state index in [0.29, 0.717) is 6.42 Å². The number of esters is 2. The molecule has 0 aromatic rings. The van der Waals surface area contributed by atoms with Crippen LogP contribution in [-0.4, -0.2) is 49.3 Å². The lowest BCUT2D eigenvalue weighted by Crippen LogP contribution is -2.29. The molecule has 1 unspecified atom stereocenters. The number of phosphoric ester groups is 1. The second-order valence-corrected chi connectivity index (χ2v) is 15.6. The summed E-state index contributed by atoms with van der Waals surface area (Å²) in [6.45, 7) is 3.56. The molecular weight excluding hydrogens is 713 g/mol. The van der Waals surface area contributed by atoms with Gasteiger partial charge >= 0.3 is 19.8 Å². The Morgan fingerprint density at radius 3 is 1.49 bits per heavy atom. The SMILES string of the molecule is CCC=CCC=CCC=CCCCCCCCC(=O)O[C@H](COC(=O)CCCCCCCCCCCC=CCC=CCCCCC)COP(=O)(O)OCCN. The van der Waals surface area contributed by atoms with Crippen molar-refractivity contribution < 1.29 is 37.6 Å². The Kier molecular flexibility index (Phi) is 39.6. The van der Waals surface area contributed by atoms with E-state index in [2.05, 4.69) is 74.6 Å². The lowest BCUT2D eigenvalue weighted by molar-refractivity contribution is -0.161. The molecule has 0 saturated carbocycles. The van der Waals surface area contributed by atoms with Crippen molar-refractivity contribution in [3.8, 4) is 0 Å². The normalized spacial score (nSPS) is 13.9. The van der Waals surface area contributed by atoms with Crippen molar-refractivity contribution in [1.29, 1.82) is 0 Å². The first-order valence-corrected chi connectivity index (χ1v) is 23.3. The first-order valence-electron chi connectivity index (χ1n) is 21.8. The van der Waals surface area contributed by atoms with Crippen molar-refractivity contribution in [3.05, 3.63) is 60.8 Å². The summed E-state index contributed by atoms with van der Waals surface area (Å²) in [4.78, 5) is 34.9. The molecule has 0 bridgehead atoms. The van der Waals surface area contributed by atoms with E-state index in [0.717, 1.165) is 89.9 Å². The molecule has 9 nitrogen and oxygen atoms in total. The van der Waals surface area contributed by atoms with Crippen LogP contribution in [0.3, 0.4) is 0 Å². The molecular formula is C45H80NO8P. The van der Waals surface area contributed by atoms with Crippen LogP contribution in [0.15, 0.2) is 60.8 Å². The van der Waals surface area contributed by atoms with Gasteiger partial charge in [0.1, 0.15) is 6.61 Å². The summed E-state index contributed by atoms with van der Waals surface area (Å²) in [7, 11) is -4.38. The van der Waals surface area contributed by atoms with Crippen LogP contribution >= 0.6 is 7.82 Å². The van der Waals surface area contributed by atoms with Gasteiger partial charge in [0.25, 0.3) is 0 Å². The topological polar surface area (TPSA) is 134 Å². The molecule has 0 radical (unpaired) electrons. The number of ether oxygens (including phenoxy) is 2. The van der Waals surface area contributed by atoms with Crippen LogP contribution in [0.2, 0.25) is 0 Å². The lowest BCUT2D eigenvalue weighted by Gasteiger charge is -2.19. The van der Waals surface area contributed by atoms with Gasteiger partial charge in [0.05, 0.1) is 13.2 Å². The number of rotatable bonds is 40. The zero-order valence-corrected chi connectivity index (χ0v) is 35.8. The van der Waals surface area contributed by atoms with Gasteiger partial charge in [-0.25, -0.2) is 4.57 Å². The lowest BCUT2D eigenvalue weighted by atomic mass is 10.1. The molecule has 0 aliphatic rings. The summed E-state index contributed by atoms with van der Waals surface area (Å²) in [5.74, 6) is -0.856. The Bertz CT molecular complexity index is 1090. The summed E-state index contributed by atoms with van der Waals surface area (Å²) >= 11 is 0. The first kappa shape index (κ1) is 52.7. The molecule has 0 spiro atoms. The number of hydrogen-bond donors (Lipinski definition) is 2. The van der Waals surface area contributed by atoms with Crippen LogP contribution in [-0.2, 0) is 32.7 Å². The van der Waals surface area contributed by atoms with Crippen LogP contribution < -0.4 is 5.73 Å². The Hall–Kier alpha value is -2.29. The second kappa shape index (κ2) is 41.3. The number of unbranched alkanes of at least 4 members (excludes halogenated alkanes) is 17. The van der Waals surface area contributed by atoms with Gasteiger partial charge in [0, 0.05) is 19.4 Å². The molecule has 0 aromatic heterocycles. The molecule has 318 valence electrons. The van der Waals surface area contributed by atoms with Crippen molar-refractivity contribution >= 4 is 19.8 Å². The fourth-order valence-corrected chi connectivity index (χ4v) is 6.44. The Balaban J connectivity index is 4.17. The Morgan fingerprint density at radius 2 is 1.00 bits per heavy atom. The molecule has 0 aliphatic heterocycles. The minimum absolute atomic E-state index is 0.0472. The zero-order valence-electron chi connectivity index (χ0n) is 34.9. The van der Waals surface area contributed by atoms with Crippen molar-refractivity contribution in [2.45, 2.75) is 187 Å². The van der Waals surface area contributed by atoms with E-state index in [1.165, 1.54) is 57.8 Å². The van der Waals surface area contributed by atoms with Gasteiger partial charge in [-0.2, -0.15) is 0 Å². The molecule has 0 fully saturated rings. The molecule has 55 heavy (non-hydrogen) atoms. The maximum absolute atomic E-state index is 12.6. The summed E-state index contributed by atoms with van der Waals surface area (Å²) in [5.41, 5.74) is 5.34. The smallest absolute Gasteiger partial charge is 0.462 e. The van der Waals surface area contributed by atoms with Gasteiger partial charge in [-0.15, -0.1) is 0 Å². The number of nitrogens with two attached hydrogens (primary N) is 1. The van der Waals surface area contributed by atoms with E-state index in [4.69, 9.17) is 24.3 Å². The average Bonchev–Trinajstić information content (AvgIpc) is 3.17. The van der Waals surface area contributed by atoms with E-state index < -0.39 is 32.5 Å². The highest BCUT2D eigenvalue weighted by Crippen LogP contribution is 2.43. The van der Waals surface area contributed by atoms with E-state index in [9.17, 15) is 19.0 Å². The predicted molar refractivity (Wildman–Crippen MR) is 229 cm³/mol. The summed E-state index contributed by atoms with van der Waals surface area (Å²) in [6.07, 6.45) is 48.2. The van der Waals surface area contributed by atoms with Crippen molar-refractivity contribution in [3.63, 3.8) is 0 Å². The summed E-state index contributed by atoms with van der Waals surface area (Å²) in [5, 5.41) is 0. The van der Waals surface area contributed by atoms with Gasteiger partial charge in [0.15, 0.2) is 6.10 Å². The van der Waals surface area contributed by atoms with Gasteiger partial charge in [-0.1, -0.05) is 152 Å². The van der Waals surface area contributed by atoms with Crippen molar-refractivity contribution in [2.75, 3.05) is 26.4 Å². The van der Waals surface area contributed by atoms with Crippen LogP contribution in [0.1, 0.15) is 181 Å². The van der Waals surface area contributed by atoms with E-state index in [1.54, 1.807) is 0 Å². The fraction of sp³-hybridized carbons (Fsp3) is 0.733. The minimum atomic E-state index is -4.38.